The summed E-state index contributed by atoms with van der Waals surface area (Å²) in [6.45, 7) is 0.442. The second-order valence-corrected chi connectivity index (χ2v) is 6.06. The van der Waals surface area contributed by atoms with Gasteiger partial charge in [-0.3, -0.25) is 14.6 Å². The maximum atomic E-state index is 12.7. The lowest BCUT2D eigenvalue weighted by Gasteiger charge is -2.18. The zero-order chi connectivity index (χ0) is 18.9. The molecule has 2 N–H and O–H groups in total. The van der Waals surface area contributed by atoms with E-state index >= 15 is 0 Å². The summed E-state index contributed by atoms with van der Waals surface area (Å²) in [6, 6.07) is 17.7. The van der Waals surface area contributed by atoms with Crippen molar-refractivity contribution in [1.29, 1.82) is 0 Å². The molecule has 1 atom stereocenters. The van der Waals surface area contributed by atoms with Crippen molar-refractivity contribution in [3.8, 4) is 0 Å². The van der Waals surface area contributed by atoms with Crippen LogP contribution in [0.4, 0.5) is 0 Å². The van der Waals surface area contributed by atoms with Crippen LogP contribution in [0.2, 0.25) is 0 Å². The molecule has 0 aliphatic carbocycles. The molecule has 6 nitrogen and oxygen atoms in total. The highest BCUT2D eigenvalue weighted by Gasteiger charge is 2.22. The Bertz CT molecular complexity index is 849. The van der Waals surface area contributed by atoms with Gasteiger partial charge in [0.15, 0.2) is 5.76 Å². The predicted molar refractivity (Wildman–Crippen MR) is 101 cm³/mol. The molecule has 0 spiro atoms. The third kappa shape index (κ3) is 5.54. The second-order valence-electron chi connectivity index (χ2n) is 6.06. The topological polar surface area (TPSA) is 84.2 Å². The van der Waals surface area contributed by atoms with Crippen LogP contribution in [-0.2, 0) is 17.6 Å². The predicted octanol–water partition coefficient (Wildman–Crippen LogP) is 2.37. The molecule has 0 saturated carbocycles. The monoisotopic (exact) mass is 363 g/mol. The Morgan fingerprint density at radius 1 is 1.00 bits per heavy atom. The quantitative estimate of drug-likeness (QED) is 0.644. The fourth-order valence-electron chi connectivity index (χ4n) is 2.68. The molecular weight excluding hydrogens is 342 g/mol. The van der Waals surface area contributed by atoms with Crippen LogP contribution in [0.25, 0.3) is 0 Å². The first-order valence-electron chi connectivity index (χ1n) is 8.78. The zero-order valence-corrected chi connectivity index (χ0v) is 14.8. The van der Waals surface area contributed by atoms with Crippen molar-refractivity contribution in [3.05, 3.63) is 90.1 Å². The summed E-state index contributed by atoms with van der Waals surface area (Å²) >= 11 is 0. The Hall–Kier alpha value is -3.41. The summed E-state index contributed by atoms with van der Waals surface area (Å²) in [5, 5.41) is 5.63. The van der Waals surface area contributed by atoms with Crippen LogP contribution in [0, 0.1) is 0 Å². The SMILES string of the molecule is O=C(NC(Cc1ccccc1)C(=O)NCCc1ccccn1)c1ccco1. The van der Waals surface area contributed by atoms with Crippen LogP contribution in [0.3, 0.4) is 0 Å². The molecule has 2 heterocycles. The molecule has 0 bridgehead atoms. The maximum Gasteiger partial charge on any atom is 0.287 e. The van der Waals surface area contributed by atoms with Crippen molar-refractivity contribution in [3.63, 3.8) is 0 Å². The van der Waals surface area contributed by atoms with Crippen LogP contribution >= 0.6 is 0 Å². The number of carbonyl (C=O) groups excluding carboxylic acids is 2. The molecule has 27 heavy (non-hydrogen) atoms. The maximum absolute atomic E-state index is 12.7. The first-order chi connectivity index (χ1) is 13.2. The lowest BCUT2D eigenvalue weighted by Crippen LogP contribution is -2.48. The molecule has 0 aliphatic rings. The van der Waals surface area contributed by atoms with E-state index in [1.807, 2.05) is 48.5 Å². The molecule has 0 aliphatic heterocycles. The van der Waals surface area contributed by atoms with Gasteiger partial charge in [-0.25, -0.2) is 0 Å². The third-order valence-electron chi connectivity index (χ3n) is 4.06. The molecule has 138 valence electrons. The van der Waals surface area contributed by atoms with E-state index in [9.17, 15) is 9.59 Å². The number of hydrogen-bond donors (Lipinski definition) is 2. The van der Waals surface area contributed by atoms with Gasteiger partial charge in [0, 0.05) is 31.3 Å². The van der Waals surface area contributed by atoms with Crippen molar-refractivity contribution in [2.75, 3.05) is 6.54 Å². The van der Waals surface area contributed by atoms with Gasteiger partial charge in [-0.05, 0) is 29.8 Å². The molecule has 0 saturated heterocycles. The van der Waals surface area contributed by atoms with Crippen LogP contribution in [0.15, 0.2) is 77.5 Å². The third-order valence-corrected chi connectivity index (χ3v) is 4.06. The Labute approximate surface area is 157 Å². The summed E-state index contributed by atoms with van der Waals surface area (Å²) in [5.74, 6) is -0.482. The number of aromatic nitrogens is 1. The number of rotatable bonds is 8. The molecule has 6 heteroatoms. The number of nitrogens with zero attached hydrogens (tertiary/aromatic N) is 1. The van der Waals surface area contributed by atoms with Gasteiger partial charge < -0.3 is 15.1 Å². The van der Waals surface area contributed by atoms with E-state index < -0.39 is 11.9 Å². The van der Waals surface area contributed by atoms with E-state index in [0.717, 1.165) is 11.3 Å². The van der Waals surface area contributed by atoms with Crippen LogP contribution in [0.5, 0.6) is 0 Å². The Kier molecular flexibility index (Phi) is 6.35. The minimum absolute atomic E-state index is 0.175. The average molecular weight is 363 g/mol. The highest BCUT2D eigenvalue weighted by Crippen LogP contribution is 2.06. The van der Waals surface area contributed by atoms with Crippen molar-refractivity contribution in [2.24, 2.45) is 0 Å². The number of hydrogen-bond acceptors (Lipinski definition) is 4. The number of furan rings is 1. The van der Waals surface area contributed by atoms with Crippen molar-refractivity contribution in [2.45, 2.75) is 18.9 Å². The zero-order valence-electron chi connectivity index (χ0n) is 14.8. The molecule has 2 aromatic heterocycles. The van der Waals surface area contributed by atoms with Crippen molar-refractivity contribution in [1.82, 2.24) is 15.6 Å². The van der Waals surface area contributed by atoms with E-state index in [1.54, 1.807) is 18.3 Å². The van der Waals surface area contributed by atoms with Gasteiger partial charge >= 0.3 is 0 Å². The highest BCUT2D eigenvalue weighted by molar-refractivity contribution is 5.95. The molecule has 1 unspecified atom stereocenters. The van der Waals surface area contributed by atoms with Gasteiger partial charge in [-0.15, -0.1) is 0 Å². The number of amides is 2. The molecule has 2 amide bonds. The first-order valence-corrected chi connectivity index (χ1v) is 8.78. The number of nitrogens with one attached hydrogen (secondary N) is 2. The van der Waals surface area contributed by atoms with Crippen molar-refractivity contribution >= 4 is 11.8 Å². The number of pyridine rings is 1. The van der Waals surface area contributed by atoms with Crippen LogP contribution in [-0.4, -0.2) is 29.4 Å². The largest absolute Gasteiger partial charge is 0.459 e. The van der Waals surface area contributed by atoms with Gasteiger partial charge in [-0.1, -0.05) is 36.4 Å². The molecular formula is C21H21N3O3. The standard InChI is InChI=1S/C21H21N3O3/c25-20(23-13-11-17-9-4-5-12-22-17)18(15-16-7-2-1-3-8-16)24-21(26)19-10-6-14-27-19/h1-10,12,14,18H,11,13,15H2,(H,23,25)(H,24,26). The van der Waals surface area contributed by atoms with Gasteiger partial charge in [0.25, 0.3) is 5.91 Å². The van der Waals surface area contributed by atoms with Gasteiger partial charge in [0.1, 0.15) is 6.04 Å². The minimum Gasteiger partial charge on any atom is -0.459 e. The summed E-state index contributed by atoms with van der Waals surface area (Å²) in [7, 11) is 0. The fourth-order valence-corrected chi connectivity index (χ4v) is 2.68. The number of benzene rings is 1. The highest BCUT2D eigenvalue weighted by atomic mass is 16.3. The van der Waals surface area contributed by atoms with Gasteiger partial charge in [-0.2, -0.15) is 0 Å². The summed E-state index contributed by atoms with van der Waals surface area (Å²) in [4.78, 5) is 29.2. The summed E-state index contributed by atoms with van der Waals surface area (Å²) < 4.78 is 5.11. The van der Waals surface area contributed by atoms with E-state index in [1.165, 1.54) is 6.26 Å². The summed E-state index contributed by atoms with van der Waals surface area (Å²) in [5.41, 5.74) is 1.86. The lowest BCUT2D eigenvalue weighted by atomic mass is 10.0. The molecule has 0 fully saturated rings. The lowest BCUT2D eigenvalue weighted by molar-refractivity contribution is -0.122. The Balaban J connectivity index is 1.62. The summed E-state index contributed by atoms with van der Waals surface area (Å²) in [6.07, 6.45) is 4.16. The van der Waals surface area contributed by atoms with Gasteiger partial charge in [0.05, 0.1) is 6.26 Å². The second kappa shape index (κ2) is 9.33. The Morgan fingerprint density at radius 3 is 2.52 bits per heavy atom. The van der Waals surface area contributed by atoms with Crippen molar-refractivity contribution < 1.29 is 14.0 Å². The smallest absolute Gasteiger partial charge is 0.287 e. The molecule has 3 aromatic rings. The van der Waals surface area contributed by atoms with E-state index in [-0.39, 0.29) is 11.7 Å². The van der Waals surface area contributed by atoms with E-state index in [4.69, 9.17) is 4.42 Å². The normalized spacial score (nSPS) is 11.6. The Morgan fingerprint density at radius 2 is 1.81 bits per heavy atom. The minimum atomic E-state index is -0.700. The van der Waals surface area contributed by atoms with Crippen LogP contribution in [0.1, 0.15) is 21.8 Å². The molecule has 0 radical (unpaired) electrons. The van der Waals surface area contributed by atoms with Gasteiger partial charge in [0.2, 0.25) is 5.91 Å². The molecule has 1 aromatic carbocycles. The van der Waals surface area contributed by atoms with Crippen LogP contribution < -0.4 is 10.6 Å². The molecule has 3 rings (SSSR count). The fraction of sp³-hybridized carbons (Fsp3) is 0.190. The van der Waals surface area contributed by atoms with E-state index in [0.29, 0.717) is 19.4 Å². The first kappa shape index (κ1) is 18.4. The number of carbonyl (C=O) groups is 2. The van der Waals surface area contributed by atoms with E-state index in [2.05, 4.69) is 15.6 Å². The average Bonchev–Trinajstić information content (AvgIpc) is 3.24.